The predicted molar refractivity (Wildman–Crippen MR) is 131 cm³/mol. The van der Waals surface area contributed by atoms with Crippen LogP contribution in [-0.2, 0) is 14.3 Å². The molecule has 2 N–H and O–H groups in total. The number of methoxy groups -OCH3 is 1. The van der Waals surface area contributed by atoms with E-state index >= 15 is 0 Å². The van der Waals surface area contributed by atoms with Crippen LogP contribution < -0.4 is 14.8 Å². The van der Waals surface area contributed by atoms with E-state index in [0.29, 0.717) is 41.0 Å². The molecule has 184 valence electrons. The molecule has 2 aromatic carbocycles. The Morgan fingerprint density at radius 3 is 2.57 bits per heavy atom. The zero-order valence-corrected chi connectivity index (χ0v) is 20.5. The van der Waals surface area contributed by atoms with E-state index < -0.39 is 11.9 Å². The highest BCUT2D eigenvalue weighted by molar-refractivity contribution is 6.04. The van der Waals surface area contributed by atoms with Gasteiger partial charge in [-0.25, -0.2) is 4.79 Å². The summed E-state index contributed by atoms with van der Waals surface area (Å²) in [6.45, 7) is 6.20. The van der Waals surface area contributed by atoms with Gasteiger partial charge in [0.2, 0.25) is 0 Å². The van der Waals surface area contributed by atoms with Crippen LogP contribution in [0.4, 0.5) is 0 Å². The van der Waals surface area contributed by atoms with Gasteiger partial charge in [-0.05, 0) is 48.6 Å². The molecule has 0 saturated carbocycles. The number of carbonyl (C=O) groups is 2. The summed E-state index contributed by atoms with van der Waals surface area (Å²) < 4.78 is 16.5. The number of ether oxygens (including phenoxy) is 3. The summed E-state index contributed by atoms with van der Waals surface area (Å²) in [6, 6.07) is 14.2. The molecule has 1 atom stereocenters. The molecule has 2 aromatic rings. The van der Waals surface area contributed by atoms with Crippen molar-refractivity contribution in [3.05, 3.63) is 76.6 Å². The first-order valence-corrected chi connectivity index (χ1v) is 11.7. The summed E-state index contributed by atoms with van der Waals surface area (Å²) in [5.41, 5.74) is 2.88. The van der Waals surface area contributed by atoms with E-state index in [2.05, 4.69) is 19.2 Å². The van der Waals surface area contributed by atoms with Crippen molar-refractivity contribution < 1.29 is 28.9 Å². The molecule has 0 aromatic heterocycles. The number of carbonyl (C=O) groups excluding carboxylic acids is 2. The van der Waals surface area contributed by atoms with Gasteiger partial charge < -0.3 is 24.6 Å². The van der Waals surface area contributed by atoms with Crippen LogP contribution in [-0.4, -0.2) is 37.2 Å². The molecule has 7 heteroatoms. The molecule has 1 aliphatic heterocycles. The maximum absolute atomic E-state index is 13.4. The first kappa shape index (κ1) is 24.4. The van der Waals surface area contributed by atoms with Crippen molar-refractivity contribution in [1.29, 1.82) is 0 Å². The second kappa shape index (κ2) is 9.86. The van der Waals surface area contributed by atoms with Crippen molar-refractivity contribution >= 4 is 11.8 Å². The van der Waals surface area contributed by atoms with Crippen molar-refractivity contribution in [3.63, 3.8) is 0 Å². The summed E-state index contributed by atoms with van der Waals surface area (Å²) in [6.07, 6.45) is 1.07. The highest BCUT2D eigenvalue weighted by Gasteiger charge is 2.43. The van der Waals surface area contributed by atoms with Gasteiger partial charge in [-0.2, -0.15) is 0 Å². The number of phenolic OH excluding ortho intramolecular Hbond substituents is 1. The third-order valence-electron chi connectivity index (χ3n) is 6.33. The number of phenols is 1. The van der Waals surface area contributed by atoms with Crippen LogP contribution in [0.25, 0.3) is 0 Å². The lowest BCUT2D eigenvalue weighted by atomic mass is 9.68. The minimum absolute atomic E-state index is 0.00833. The van der Waals surface area contributed by atoms with E-state index in [1.807, 2.05) is 37.3 Å². The van der Waals surface area contributed by atoms with Crippen LogP contribution in [0, 0.1) is 5.41 Å². The Bertz CT molecular complexity index is 1200. The van der Waals surface area contributed by atoms with E-state index in [1.165, 1.54) is 13.2 Å². The molecule has 2 aliphatic rings. The van der Waals surface area contributed by atoms with Gasteiger partial charge in [0, 0.05) is 29.3 Å². The number of dihydropyridines is 1. The number of nitrogens with one attached hydrogen (secondary N) is 1. The molecule has 0 amide bonds. The summed E-state index contributed by atoms with van der Waals surface area (Å²) in [5.74, 6) is -0.213. The van der Waals surface area contributed by atoms with E-state index in [9.17, 15) is 14.7 Å². The monoisotopic (exact) mass is 477 g/mol. The lowest BCUT2D eigenvalue weighted by Crippen LogP contribution is -2.38. The van der Waals surface area contributed by atoms with Crippen LogP contribution in [0.1, 0.15) is 45.1 Å². The van der Waals surface area contributed by atoms with Gasteiger partial charge in [0.15, 0.2) is 17.3 Å². The molecule has 4 rings (SSSR count). The van der Waals surface area contributed by atoms with Gasteiger partial charge >= 0.3 is 5.97 Å². The normalized spacial score (nSPS) is 19.1. The third kappa shape index (κ3) is 5.19. The van der Waals surface area contributed by atoms with Gasteiger partial charge in [-0.1, -0.05) is 38.1 Å². The first-order chi connectivity index (χ1) is 16.7. The van der Waals surface area contributed by atoms with Crippen LogP contribution in [0.15, 0.2) is 71.1 Å². The Balaban J connectivity index is 1.64. The number of hydrogen-bond donors (Lipinski definition) is 2. The average molecular weight is 478 g/mol. The Kier molecular flexibility index (Phi) is 6.87. The Hall–Kier alpha value is -3.74. The van der Waals surface area contributed by atoms with E-state index in [4.69, 9.17) is 14.2 Å². The third-order valence-corrected chi connectivity index (χ3v) is 6.33. The lowest BCUT2D eigenvalue weighted by Gasteiger charge is -2.39. The number of para-hydroxylation sites is 1. The summed E-state index contributed by atoms with van der Waals surface area (Å²) in [5, 5.41) is 13.4. The van der Waals surface area contributed by atoms with Crippen molar-refractivity contribution in [2.45, 2.75) is 39.5 Å². The van der Waals surface area contributed by atoms with E-state index in [1.54, 1.807) is 12.1 Å². The van der Waals surface area contributed by atoms with Crippen molar-refractivity contribution in [3.8, 4) is 17.2 Å². The largest absolute Gasteiger partial charge is 0.504 e. The maximum atomic E-state index is 13.4. The highest BCUT2D eigenvalue weighted by Crippen LogP contribution is 2.47. The Morgan fingerprint density at radius 1 is 1.11 bits per heavy atom. The molecule has 1 heterocycles. The first-order valence-electron chi connectivity index (χ1n) is 11.7. The predicted octanol–water partition coefficient (Wildman–Crippen LogP) is 4.63. The number of Topliss-reactive ketones (excluding diaryl/α,β-unsaturated/α-hetero) is 1. The fraction of sp³-hybridized carbons (Fsp3) is 0.357. The van der Waals surface area contributed by atoms with Gasteiger partial charge in [0.25, 0.3) is 0 Å². The average Bonchev–Trinajstić information content (AvgIpc) is 2.81. The molecule has 0 fully saturated rings. The number of ketones is 1. The number of allylic oxidation sites excluding steroid dienone is 3. The van der Waals surface area contributed by atoms with Gasteiger partial charge in [0.1, 0.15) is 19.0 Å². The number of rotatable bonds is 7. The minimum Gasteiger partial charge on any atom is -0.504 e. The summed E-state index contributed by atoms with van der Waals surface area (Å²) in [4.78, 5) is 26.7. The Labute approximate surface area is 205 Å². The second-order valence-corrected chi connectivity index (χ2v) is 9.66. The fourth-order valence-electron chi connectivity index (χ4n) is 4.80. The number of aromatic hydroxyl groups is 1. The quantitative estimate of drug-likeness (QED) is 0.444. The molecular weight excluding hydrogens is 446 g/mol. The molecular formula is C28H31NO6. The second-order valence-electron chi connectivity index (χ2n) is 9.66. The highest BCUT2D eigenvalue weighted by atomic mass is 16.6. The molecule has 0 spiro atoms. The van der Waals surface area contributed by atoms with Crippen molar-refractivity contribution in [2.75, 3.05) is 20.3 Å². The topological polar surface area (TPSA) is 94.1 Å². The van der Waals surface area contributed by atoms with Crippen molar-refractivity contribution in [2.24, 2.45) is 5.41 Å². The zero-order valence-electron chi connectivity index (χ0n) is 20.5. The molecule has 0 radical (unpaired) electrons. The van der Waals surface area contributed by atoms with Gasteiger partial charge in [-0.3, -0.25) is 4.79 Å². The molecule has 0 saturated heterocycles. The minimum atomic E-state index is -0.633. The number of hydrogen-bond acceptors (Lipinski definition) is 7. The Morgan fingerprint density at radius 2 is 1.86 bits per heavy atom. The summed E-state index contributed by atoms with van der Waals surface area (Å²) in [7, 11) is 1.46. The standard InChI is InChI=1S/C28H31NO6/c1-17-24(27(32)35-13-12-34-19-8-6-5-7-9-19)25(18-10-11-21(30)23(14-18)33-4)26-20(29-17)15-28(2,3)16-22(26)31/h5-11,14,25,29-30H,12-13,15-16H2,1-4H3/t25-/m1/s1. The molecule has 35 heavy (non-hydrogen) atoms. The molecule has 0 unspecified atom stereocenters. The van der Waals surface area contributed by atoms with Crippen molar-refractivity contribution in [1.82, 2.24) is 5.32 Å². The molecule has 7 nitrogen and oxygen atoms in total. The van der Waals surface area contributed by atoms with Crippen LogP contribution in [0.5, 0.6) is 17.2 Å². The fourth-order valence-corrected chi connectivity index (χ4v) is 4.80. The van der Waals surface area contributed by atoms with E-state index in [0.717, 1.165) is 5.70 Å². The summed E-state index contributed by atoms with van der Waals surface area (Å²) >= 11 is 0. The van der Waals surface area contributed by atoms with Gasteiger partial charge in [-0.15, -0.1) is 0 Å². The smallest absolute Gasteiger partial charge is 0.336 e. The van der Waals surface area contributed by atoms with Gasteiger partial charge in [0.05, 0.1) is 12.7 Å². The van der Waals surface area contributed by atoms with Crippen LogP contribution in [0.3, 0.4) is 0 Å². The molecule has 1 aliphatic carbocycles. The molecule has 0 bridgehead atoms. The number of benzene rings is 2. The van der Waals surface area contributed by atoms with Crippen LogP contribution in [0.2, 0.25) is 0 Å². The lowest BCUT2D eigenvalue weighted by molar-refractivity contribution is -0.140. The number of esters is 1. The zero-order chi connectivity index (χ0) is 25.2. The van der Waals surface area contributed by atoms with Crippen LogP contribution >= 0.6 is 0 Å². The van der Waals surface area contributed by atoms with E-state index in [-0.39, 0.29) is 35.9 Å². The maximum Gasteiger partial charge on any atom is 0.336 e. The SMILES string of the molecule is COc1cc([C@@H]2C(C(=O)OCCOc3ccccc3)=C(C)NC3=C2C(=O)CC(C)(C)C3)ccc1O.